The Kier molecular flexibility index (Phi) is 4.61. The number of rotatable bonds is 5. The minimum atomic E-state index is -0.507. The lowest BCUT2D eigenvalue weighted by Gasteiger charge is -2.34. The van der Waals surface area contributed by atoms with Gasteiger partial charge in [0.05, 0.1) is 5.60 Å². The van der Waals surface area contributed by atoms with Gasteiger partial charge in [0.1, 0.15) is 0 Å². The zero-order valence-corrected chi connectivity index (χ0v) is 12.1. The number of likely N-dealkylation sites (N-methyl/N-ethyl adjacent to an activating group) is 1. The maximum absolute atomic E-state index is 10.5. The van der Waals surface area contributed by atoms with Crippen molar-refractivity contribution < 1.29 is 5.11 Å². The van der Waals surface area contributed by atoms with E-state index in [2.05, 4.69) is 43.1 Å². The Hall–Kier alpha value is -0.900. The molecule has 0 amide bonds. The zero-order chi connectivity index (χ0) is 13.9. The molecule has 19 heavy (non-hydrogen) atoms. The molecule has 1 aliphatic carbocycles. The van der Waals surface area contributed by atoms with Crippen molar-refractivity contribution in [3.63, 3.8) is 0 Å². The smallest absolute Gasteiger partial charge is 0.0774 e. The van der Waals surface area contributed by atoms with E-state index in [9.17, 15) is 5.11 Å². The van der Waals surface area contributed by atoms with E-state index in [-0.39, 0.29) is 6.04 Å². The Morgan fingerprint density at radius 1 is 1.26 bits per heavy atom. The molecule has 0 saturated heterocycles. The minimum absolute atomic E-state index is 0.185. The van der Waals surface area contributed by atoms with Crippen molar-refractivity contribution in [3.05, 3.63) is 35.4 Å². The van der Waals surface area contributed by atoms with E-state index < -0.39 is 5.60 Å². The van der Waals surface area contributed by atoms with E-state index in [4.69, 9.17) is 5.73 Å². The Morgan fingerprint density at radius 2 is 1.84 bits per heavy atom. The maximum atomic E-state index is 10.5. The summed E-state index contributed by atoms with van der Waals surface area (Å²) in [6.45, 7) is 3.38. The summed E-state index contributed by atoms with van der Waals surface area (Å²) >= 11 is 0. The predicted molar refractivity (Wildman–Crippen MR) is 79.0 cm³/mol. The summed E-state index contributed by atoms with van der Waals surface area (Å²) in [6, 6.07) is 8.71. The molecule has 0 aromatic heterocycles. The molecule has 3 nitrogen and oxygen atoms in total. The highest BCUT2D eigenvalue weighted by Gasteiger charge is 2.33. The Bertz CT molecular complexity index is 396. The van der Waals surface area contributed by atoms with Crippen molar-refractivity contribution in [1.29, 1.82) is 0 Å². The van der Waals surface area contributed by atoms with Crippen LogP contribution in [0.25, 0.3) is 0 Å². The molecule has 0 radical (unpaired) electrons. The third-order valence-corrected chi connectivity index (χ3v) is 4.30. The van der Waals surface area contributed by atoms with E-state index in [1.165, 1.54) is 11.1 Å². The molecule has 0 bridgehead atoms. The molecule has 2 rings (SSSR count). The summed E-state index contributed by atoms with van der Waals surface area (Å²) in [7, 11) is 2.06. The molecule has 3 heteroatoms. The van der Waals surface area contributed by atoms with Crippen LogP contribution in [-0.2, 0) is 0 Å². The fraction of sp³-hybridized carbons (Fsp3) is 0.625. The second-order valence-electron chi connectivity index (χ2n) is 6.01. The molecule has 1 unspecified atom stereocenters. The topological polar surface area (TPSA) is 49.5 Å². The van der Waals surface area contributed by atoms with Gasteiger partial charge in [-0.2, -0.15) is 0 Å². The van der Waals surface area contributed by atoms with Crippen LogP contribution in [0.1, 0.15) is 42.9 Å². The summed E-state index contributed by atoms with van der Waals surface area (Å²) < 4.78 is 0. The van der Waals surface area contributed by atoms with Gasteiger partial charge in [-0.3, -0.25) is 4.90 Å². The maximum Gasteiger partial charge on any atom is 0.0774 e. The monoisotopic (exact) mass is 262 g/mol. The lowest BCUT2D eigenvalue weighted by molar-refractivity contribution is 0.00593. The Balaban J connectivity index is 2.06. The van der Waals surface area contributed by atoms with Crippen molar-refractivity contribution in [2.45, 2.75) is 44.2 Å². The molecular formula is C16H26N2O. The minimum Gasteiger partial charge on any atom is -0.389 e. The molecule has 1 saturated carbocycles. The van der Waals surface area contributed by atoms with Crippen LogP contribution in [0, 0.1) is 6.92 Å². The van der Waals surface area contributed by atoms with Gasteiger partial charge < -0.3 is 10.8 Å². The van der Waals surface area contributed by atoms with E-state index in [0.717, 1.165) is 25.7 Å². The predicted octanol–water partition coefficient (Wildman–Crippen LogP) is 2.23. The highest BCUT2D eigenvalue weighted by atomic mass is 16.3. The summed E-state index contributed by atoms with van der Waals surface area (Å²) in [5.74, 6) is 0. The fourth-order valence-electron chi connectivity index (χ4n) is 3.12. The average molecular weight is 262 g/mol. The standard InChI is InChI=1S/C16H26N2O/c1-13-5-7-14(8-6-13)15(11-17)18(2)12-16(19)9-3-4-10-16/h5-8,15,19H,3-4,9-12,17H2,1-2H3. The van der Waals surface area contributed by atoms with Gasteiger partial charge in [0.2, 0.25) is 0 Å². The molecule has 1 atom stereocenters. The number of aryl methyl sites for hydroxylation is 1. The van der Waals surface area contributed by atoms with E-state index in [1.807, 2.05) is 0 Å². The quantitative estimate of drug-likeness (QED) is 0.855. The van der Waals surface area contributed by atoms with Crippen molar-refractivity contribution in [3.8, 4) is 0 Å². The van der Waals surface area contributed by atoms with Gasteiger partial charge in [0.25, 0.3) is 0 Å². The third kappa shape index (κ3) is 3.56. The van der Waals surface area contributed by atoms with Crippen LogP contribution < -0.4 is 5.73 Å². The van der Waals surface area contributed by atoms with Gasteiger partial charge >= 0.3 is 0 Å². The molecule has 0 aliphatic heterocycles. The number of nitrogens with zero attached hydrogens (tertiary/aromatic N) is 1. The number of nitrogens with two attached hydrogens (primary N) is 1. The van der Waals surface area contributed by atoms with Gasteiger partial charge in [0, 0.05) is 19.1 Å². The molecule has 1 aromatic rings. The van der Waals surface area contributed by atoms with Crippen LogP contribution in [0.2, 0.25) is 0 Å². The first-order valence-corrected chi connectivity index (χ1v) is 7.23. The molecule has 0 heterocycles. The van der Waals surface area contributed by atoms with Gasteiger partial charge in [0.15, 0.2) is 0 Å². The zero-order valence-electron chi connectivity index (χ0n) is 12.1. The van der Waals surface area contributed by atoms with Crippen LogP contribution in [-0.4, -0.2) is 35.7 Å². The molecule has 106 valence electrons. The lowest BCUT2D eigenvalue weighted by Crippen LogP contribution is -2.42. The molecule has 1 aliphatic rings. The number of aliphatic hydroxyl groups is 1. The van der Waals surface area contributed by atoms with Crippen molar-refractivity contribution in [2.24, 2.45) is 5.73 Å². The van der Waals surface area contributed by atoms with Crippen LogP contribution in [0.5, 0.6) is 0 Å². The SMILES string of the molecule is Cc1ccc(C(CN)N(C)CC2(O)CCCC2)cc1. The van der Waals surface area contributed by atoms with Crippen LogP contribution in [0.15, 0.2) is 24.3 Å². The summed E-state index contributed by atoms with van der Waals surface area (Å²) in [5, 5.41) is 10.5. The number of hydrogen-bond acceptors (Lipinski definition) is 3. The van der Waals surface area contributed by atoms with Crippen LogP contribution >= 0.6 is 0 Å². The van der Waals surface area contributed by atoms with E-state index in [1.54, 1.807) is 0 Å². The normalized spacial score (nSPS) is 19.8. The largest absolute Gasteiger partial charge is 0.389 e. The Labute approximate surface area is 116 Å². The second kappa shape index (κ2) is 6.04. The Morgan fingerprint density at radius 3 is 2.37 bits per heavy atom. The molecule has 1 fully saturated rings. The molecule has 1 aromatic carbocycles. The summed E-state index contributed by atoms with van der Waals surface area (Å²) in [5.41, 5.74) is 7.93. The van der Waals surface area contributed by atoms with Crippen LogP contribution in [0.4, 0.5) is 0 Å². The second-order valence-corrected chi connectivity index (χ2v) is 6.01. The number of benzene rings is 1. The first-order chi connectivity index (χ1) is 9.04. The highest BCUT2D eigenvalue weighted by Crippen LogP contribution is 2.32. The highest BCUT2D eigenvalue weighted by molar-refractivity contribution is 5.24. The van der Waals surface area contributed by atoms with E-state index in [0.29, 0.717) is 13.1 Å². The van der Waals surface area contributed by atoms with Crippen molar-refractivity contribution in [2.75, 3.05) is 20.1 Å². The van der Waals surface area contributed by atoms with E-state index >= 15 is 0 Å². The third-order valence-electron chi connectivity index (χ3n) is 4.30. The van der Waals surface area contributed by atoms with Gasteiger partial charge in [-0.1, -0.05) is 42.7 Å². The van der Waals surface area contributed by atoms with Gasteiger partial charge in [-0.15, -0.1) is 0 Å². The van der Waals surface area contributed by atoms with Crippen molar-refractivity contribution >= 4 is 0 Å². The first kappa shape index (κ1) is 14.5. The molecule has 3 N–H and O–H groups in total. The number of hydrogen-bond donors (Lipinski definition) is 2. The summed E-state index contributed by atoms with van der Waals surface area (Å²) in [4.78, 5) is 2.20. The fourth-order valence-corrected chi connectivity index (χ4v) is 3.12. The lowest BCUT2D eigenvalue weighted by atomic mass is 9.98. The molecular weight excluding hydrogens is 236 g/mol. The summed E-state index contributed by atoms with van der Waals surface area (Å²) in [6.07, 6.45) is 4.12. The molecule has 0 spiro atoms. The van der Waals surface area contributed by atoms with Gasteiger partial charge in [-0.05, 0) is 32.4 Å². The van der Waals surface area contributed by atoms with Crippen molar-refractivity contribution in [1.82, 2.24) is 4.90 Å². The average Bonchev–Trinajstić information content (AvgIpc) is 2.79. The van der Waals surface area contributed by atoms with Gasteiger partial charge in [-0.25, -0.2) is 0 Å². The first-order valence-electron chi connectivity index (χ1n) is 7.23. The van der Waals surface area contributed by atoms with Crippen LogP contribution in [0.3, 0.4) is 0 Å².